The minimum atomic E-state index is -0.0442. The minimum Gasteiger partial charge on any atom is -0.299 e. The summed E-state index contributed by atoms with van der Waals surface area (Å²) in [5, 5.41) is 0. The highest BCUT2D eigenvalue weighted by Crippen LogP contribution is 2.65. The SMILES string of the molecule is CC1CC2=CC(=O)CC[C@]2(C)C2CC[C@]3(C)C(=O)CCC3C12. The van der Waals surface area contributed by atoms with E-state index in [1.54, 1.807) is 0 Å². The molecule has 4 aliphatic rings. The third-order valence-corrected chi connectivity index (χ3v) is 8.02. The molecule has 0 aromatic carbocycles. The number of carbonyl (C=O) groups excluding carboxylic acids is 2. The highest BCUT2D eigenvalue weighted by Gasteiger charge is 2.60. The summed E-state index contributed by atoms with van der Waals surface area (Å²) in [6, 6.07) is 0. The maximum Gasteiger partial charge on any atom is 0.155 e. The van der Waals surface area contributed by atoms with Crippen LogP contribution in [0, 0.1) is 34.5 Å². The Hall–Kier alpha value is -0.920. The first-order valence-electron chi connectivity index (χ1n) is 9.13. The van der Waals surface area contributed by atoms with Gasteiger partial charge in [0.25, 0.3) is 0 Å². The number of hydrogen-bond donors (Lipinski definition) is 0. The van der Waals surface area contributed by atoms with Gasteiger partial charge in [-0.15, -0.1) is 0 Å². The van der Waals surface area contributed by atoms with Crippen molar-refractivity contribution >= 4 is 11.6 Å². The Morgan fingerprint density at radius 3 is 2.50 bits per heavy atom. The van der Waals surface area contributed by atoms with E-state index in [0.717, 1.165) is 38.5 Å². The van der Waals surface area contributed by atoms with Crippen molar-refractivity contribution in [3.63, 3.8) is 0 Å². The van der Waals surface area contributed by atoms with Gasteiger partial charge in [0.05, 0.1) is 0 Å². The van der Waals surface area contributed by atoms with Crippen LogP contribution in [0.4, 0.5) is 0 Å². The number of ketones is 2. The topological polar surface area (TPSA) is 34.1 Å². The van der Waals surface area contributed by atoms with E-state index in [-0.39, 0.29) is 10.8 Å². The molecular weight excluding hydrogens is 272 g/mol. The number of hydrogen-bond acceptors (Lipinski definition) is 2. The summed E-state index contributed by atoms with van der Waals surface area (Å²) in [7, 11) is 0. The van der Waals surface area contributed by atoms with Crippen molar-refractivity contribution in [1.82, 2.24) is 0 Å². The fourth-order valence-corrected chi connectivity index (χ4v) is 6.68. The van der Waals surface area contributed by atoms with E-state index in [1.807, 2.05) is 6.08 Å². The molecule has 0 radical (unpaired) electrons. The average Bonchev–Trinajstić information content (AvgIpc) is 2.77. The molecule has 0 amide bonds. The summed E-state index contributed by atoms with van der Waals surface area (Å²) in [5.41, 5.74) is 1.60. The Labute approximate surface area is 133 Å². The highest BCUT2D eigenvalue weighted by molar-refractivity contribution is 5.91. The molecule has 6 atom stereocenters. The van der Waals surface area contributed by atoms with E-state index in [2.05, 4.69) is 20.8 Å². The largest absolute Gasteiger partial charge is 0.299 e. The van der Waals surface area contributed by atoms with Gasteiger partial charge in [-0.05, 0) is 67.3 Å². The quantitative estimate of drug-likeness (QED) is 0.667. The zero-order chi connectivity index (χ0) is 15.7. The molecule has 3 saturated carbocycles. The van der Waals surface area contributed by atoms with E-state index < -0.39 is 0 Å². The highest BCUT2D eigenvalue weighted by atomic mass is 16.1. The van der Waals surface area contributed by atoms with Crippen LogP contribution < -0.4 is 0 Å². The molecule has 0 bridgehead atoms. The van der Waals surface area contributed by atoms with E-state index in [9.17, 15) is 9.59 Å². The van der Waals surface area contributed by atoms with E-state index in [1.165, 1.54) is 12.0 Å². The second kappa shape index (κ2) is 4.55. The van der Waals surface area contributed by atoms with Crippen LogP contribution in [0.5, 0.6) is 0 Å². The minimum absolute atomic E-state index is 0.0442. The summed E-state index contributed by atoms with van der Waals surface area (Å²) in [4.78, 5) is 24.3. The molecule has 0 aromatic heterocycles. The third kappa shape index (κ3) is 1.73. The van der Waals surface area contributed by atoms with Gasteiger partial charge in [0.15, 0.2) is 5.78 Å². The van der Waals surface area contributed by atoms with Gasteiger partial charge in [-0.1, -0.05) is 26.3 Å². The molecule has 4 unspecified atom stereocenters. The monoisotopic (exact) mass is 300 g/mol. The molecule has 2 nitrogen and oxygen atoms in total. The Morgan fingerprint density at radius 2 is 1.73 bits per heavy atom. The molecule has 0 spiro atoms. The van der Waals surface area contributed by atoms with Crippen molar-refractivity contribution in [3.05, 3.63) is 11.6 Å². The van der Waals surface area contributed by atoms with Gasteiger partial charge >= 0.3 is 0 Å². The summed E-state index contributed by atoms with van der Waals surface area (Å²) in [6.45, 7) is 7.02. The van der Waals surface area contributed by atoms with Crippen LogP contribution in [-0.4, -0.2) is 11.6 Å². The maximum absolute atomic E-state index is 12.5. The van der Waals surface area contributed by atoms with Crippen molar-refractivity contribution in [1.29, 1.82) is 0 Å². The van der Waals surface area contributed by atoms with Crippen molar-refractivity contribution < 1.29 is 9.59 Å². The molecule has 3 fully saturated rings. The maximum atomic E-state index is 12.5. The van der Waals surface area contributed by atoms with E-state index >= 15 is 0 Å². The first-order chi connectivity index (χ1) is 10.4. The van der Waals surface area contributed by atoms with Crippen LogP contribution in [0.25, 0.3) is 0 Å². The predicted molar refractivity (Wildman–Crippen MR) is 86.3 cm³/mol. The lowest BCUT2D eigenvalue weighted by Crippen LogP contribution is -2.53. The second-order valence-electron chi connectivity index (χ2n) is 8.94. The Bertz CT molecular complexity index is 574. The van der Waals surface area contributed by atoms with E-state index in [4.69, 9.17) is 0 Å². The zero-order valence-corrected chi connectivity index (χ0v) is 14.2. The van der Waals surface area contributed by atoms with Crippen LogP contribution in [0.15, 0.2) is 11.6 Å². The lowest BCUT2D eigenvalue weighted by atomic mass is 9.45. The van der Waals surface area contributed by atoms with Crippen LogP contribution in [0.1, 0.15) is 65.7 Å². The molecule has 0 N–H and O–H groups in total. The molecule has 22 heavy (non-hydrogen) atoms. The third-order valence-electron chi connectivity index (χ3n) is 8.02. The van der Waals surface area contributed by atoms with Gasteiger partial charge in [0.2, 0.25) is 0 Å². The van der Waals surface area contributed by atoms with E-state index in [0.29, 0.717) is 35.2 Å². The summed E-state index contributed by atoms with van der Waals surface area (Å²) in [5.74, 6) is 3.42. The molecular formula is C20H28O2. The van der Waals surface area contributed by atoms with Crippen LogP contribution in [0.2, 0.25) is 0 Å². The fourth-order valence-electron chi connectivity index (χ4n) is 6.68. The fraction of sp³-hybridized carbons (Fsp3) is 0.800. The normalized spacial score (nSPS) is 51.0. The summed E-state index contributed by atoms with van der Waals surface area (Å²) < 4.78 is 0. The van der Waals surface area contributed by atoms with Gasteiger partial charge in [-0.3, -0.25) is 9.59 Å². The molecule has 0 aromatic rings. The summed E-state index contributed by atoms with van der Waals surface area (Å²) >= 11 is 0. The van der Waals surface area contributed by atoms with Crippen molar-refractivity contribution in [3.8, 4) is 0 Å². The second-order valence-corrected chi connectivity index (χ2v) is 8.94. The number of rotatable bonds is 0. The van der Waals surface area contributed by atoms with Gasteiger partial charge in [0, 0.05) is 18.3 Å². The van der Waals surface area contributed by atoms with Gasteiger partial charge < -0.3 is 0 Å². The van der Waals surface area contributed by atoms with Gasteiger partial charge in [0.1, 0.15) is 5.78 Å². The molecule has 0 heterocycles. The number of fused-ring (bicyclic) bond motifs is 5. The summed E-state index contributed by atoms with van der Waals surface area (Å²) in [6.07, 6.45) is 8.95. The molecule has 4 aliphatic carbocycles. The molecule has 0 aliphatic heterocycles. The van der Waals surface area contributed by atoms with Crippen molar-refractivity contribution in [2.24, 2.45) is 34.5 Å². The standard InChI is InChI=1S/C20H28O2/c1-12-10-13-11-14(21)6-8-19(13,2)16-7-9-20(3)15(18(12)16)4-5-17(20)22/h11-12,15-16,18H,4-10H2,1-3H3/t12?,15?,16?,18?,19-,20-/m0/s1. The van der Waals surface area contributed by atoms with Crippen molar-refractivity contribution in [2.45, 2.75) is 65.7 Å². The van der Waals surface area contributed by atoms with Crippen molar-refractivity contribution in [2.75, 3.05) is 0 Å². The van der Waals surface area contributed by atoms with Crippen LogP contribution >= 0.6 is 0 Å². The first kappa shape index (κ1) is 14.7. The average molecular weight is 300 g/mol. The Kier molecular flexibility index (Phi) is 3.03. The van der Waals surface area contributed by atoms with Gasteiger partial charge in [-0.25, -0.2) is 0 Å². The molecule has 120 valence electrons. The number of carbonyl (C=O) groups is 2. The molecule has 0 saturated heterocycles. The van der Waals surface area contributed by atoms with Crippen LogP contribution in [-0.2, 0) is 9.59 Å². The predicted octanol–water partition coefficient (Wildman–Crippen LogP) is 4.33. The molecule has 4 rings (SSSR count). The Morgan fingerprint density at radius 1 is 1.00 bits per heavy atom. The smallest absolute Gasteiger partial charge is 0.155 e. The number of Topliss-reactive ketones (excluding diaryl/α,β-unsaturated/α-hetero) is 1. The Balaban J connectivity index is 1.75. The first-order valence-corrected chi connectivity index (χ1v) is 9.13. The van der Waals surface area contributed by atoms with Crippen LogP contribution in [0.3, 0.4) is 0 Å². The lowest BCUT2D eigenvalue weighted by Gasteiger charge is -2.59. The lowest BCUT2D eigenvalue weighted by molar-refractivity contribution is -0.134. The number of allylic oxidation sites excluding steroid dienone is 1. The zero-order valence-electron chi connectivity index (χ0n) is 14.2. The van der Waals surface area contributed by atoms with Gasteiger partial charge in [-0.2, -0.15) is 0 Å². The molecule has 2 heteroatoms.